The number of sulfonamides is 1. The van der Waals surface area contributed by atoms with E-state index >= 15 is 0 Å². The molecule has 3 aromatic rings. The predicted octanol–water partition coefficient (Wildman–Crippen LogP) is 5.63. The highest BCUT2D eigenvalue weighted by Gasteiger charge is 2.16. The maximum atomic E-state index is 12.7. The van der Waals surface area contributed by atoms with Crippen molar-refractivity contribution in [3.63, 3.8) is 0 Å². The van der Waals surface area contributed by atoms with Crippen LogP contribution in [0.25, 0.3) is 0 Å². The van der Waals surface area contributed by atoms with E-state index in [0.29, 0.717) is 11.3 Å². The molecule has 150 valence electrons. The van der Waals surface area contributed by atoms with Crippen molar-refractivity contribution in [1.82, 2.24) is 0 Å². The molecule has 0 spiro atoms. The Kier molecular flexibility index (Phi) is 6.39. The molecule has 0 saturated heterocycles. The SMILES string of the molecule is CC(C)c1ccccc1NC(=O)c1cccc(NS(=O)(=O)c2ccc(Br)cc2)c1. The number of amides is 1. The molecule has 3 aromatic carbocycles. The number of benzene rings is 3. The smallest absolute Gasteiger partial charge is 0.261 e. The van der Waals surface area contributed by atoms with Crippen LogP contribution < -0.4 is 10.0 Å². The Morgan fingerprint density at radius 2 is 1.62 bits per heavy atom. The van der Waals surface area contributed by atoms with Crippen molar-refractivity contribution in [3.8, 4) is 0 Å². The van der Waals surface area contributed by atoms with Gasteiger partial charge in [0, 0.05) is 21.4 Å². The Hall–Kier alpha value is -2.64. The van der Waals surface area contributed by atoms with E-state index in [4.69, 9.17) is 0 Å². The van der Waals surface area contributed by atoms with E-state index in [1.54, 1.807) is 30.3 Å². The topological polar surface area (TPSA) is 75.3 Å². The number of hydrogen-bond acceptors (Lipinski definition) is 3. The molecule has 0 unspecified atom stereocenters. The lowest BCUT2D eigenvalue weighted by Gasteiger charge is -2.14. The average molecular weight is 473 g/mol. The number of anilines is 2. The van der Waals surface area contributed by atoms with Gasteiger partial charge in [0.25, 0.3) is 15.9 Å². The van der Waals surface area contributed by atoms with Gasteiger partial charge in [-0.05, 0) is 60.0 Å². The third-order valence-corrected chi connectivity index (χ3v) is 6.26. The summed E-state index contributed by atoms with van der Waals surface area (Å²) in [7, 11) is -3.75. The van der Waals surface area contributed by atoms with Crippen LogP contribution >= 0.6 is 15.9 Å². The van der Waals surface area contributed by atoms with Gasteiger partial charge in [0.1, 0.15) is 0 Å². The van der Waals surface area contributed by atoms with Gasteiger partial charge < -0.3 is 5.32 Å². The van der Waals surface area contributed by atoms with Crippen molar-refractivity contribution in [2.24, 2.45) is 0 Å². The van der Waals surface area contributed by atoms with E-state index in [1.165, 1.54) is 18.2 Å². The van der Waals surface area contributed by atoms with Gasteiger partial charge in [0.05, 0.1) is 4.90 Å². The molecule has 0 fully saturated rings. The van der Waals surface area contributed by atoms with Gasteiger partial charge in [0.15, 0.2) is 0 Å². The van der Waals surface area contributed by atoms with Gasteiger partial charge in [-0.25, -0.2) is 8.42 Å². The molecule has 0 aliphatic rings. The Morgan fingerprint density at radius 3 is 2.31 bits per heavy atom. The zero-order valence-corrected chi connectivity index (χ0v) is 18.4. The third-order valence-electron chi connectivity index (χ3n) is 4.33. The standard InChI is InChI=1S/C22H21BrN2O3S/c1-15(2)20-8-3-4-9-21(20)24-22(26)16-6-5-7-18(14-16)25-29(27,28)19-12-10-17(23)11-13-19/h3-15,25H,1-2H3,(H,24,26). The first-order chi connectivity index (χ1) is 13.8. The fourth-order valence-electron chi connectivity index (χ4n) is 2.86. The first-order valence-corrected chi connectivity index (χ1v) is 11.3. The summed E-state index contributed by atoms with van der Waals surface area (Å²) in [4.78, 5) is 12.9. The molecular weight excluding hydrogens is 452 g/mol. The van der Waals surface area contributed by atoms with Crippen LogP contribution in [0.15, 0.2) is 82.2 Å². The molecule has 7 heteroatoms. The zero-order valence-electron chi connectivity index (χ0n) is 16.0. The van der Waals surface area contributed by atoms with E-state index in [9.17, 15) is 13.2 Å². The lowest BCUT2D eigenvalue weighted by Crippen LogP contribution is -2.16. The van der Waals surface area contributed by atoms with E-state index < -0.39 is 10.0 Å². The largest absolute Gasteiger partial charge is 0.322 e. The predicted molar refractivity (Wildman–Crippen MR) is 120 cm³/mol. The Morgan fingerprint density at radius 1 is 0.931 bits per heavy atom. The molecule has 0 radical (unpaired) electrons. The first-order valence-electron chi connectivity index (χ1n) is 9.05. The zero-order chi connectivity index (χ0) is 21.0. The molecule has 29 heavy (non-hydrogen) atoms. The van der Waals surface area contributed by atoms with Gasteiger partial charge in [-0.2, -0.15) is 0 Å². The highest BCUT2D eigenvalue weighted by molar-refractivity contribution is 9.10. The van der Waals surface area contributed by atoms with Gasteiger partial charge in [0.2, 0.25) is 0 Å². The van der Waals surface area contributed by atoms with E-state index in [2.05, 4.69) is 39.8 Å². The molecular formula is C22H21BrN2O3S. The number of para-hydroxylation sites is 1. The molecule has 3 rings (SSSR count). The van der Waals surface area contributed by atoms with Crippen LogP contribution in [0.5, 0.6) is 0 Å². The monoisotopic (exact) mass is 472 g/mol. The van der Waals surface area contributed by atoms with Gasteiger partial charge >= 0.3 is 0 Å². The van der Waals surface area contributed by atoms with Crippen LogP contribution in [0.1, 0.15) is 35.7 Å². The Bertz CT molecular complexity index is 1130. The second kappa shape index (κ2) is 8.80. The summed E-state index contributed by atoms with van der Waals surface area (Å²) >= 11 is 3.29. The lowest BCUT2D eigenvalue weighted by atomic mass is 10.0. The lowest BCUT2D eigenvalue weighted by molar-refractivity contribution is 0.102. The van der Waals surface area contributed by atoms with Gasteiger partial charge in [-0.15, -0.1) is 0 Å². The number of hydrogen-bond donors (Lipinski definition) is 2. The minimum Gasteiger partial charge on any atom is -0.322 e. The van der Waals surface area contributed by atoms with E-state index in [0.717, 1.165) is 15.7 Å². The number of carbonyl (C=O) groups excluding carboxylic acids is 1. The minimum absolute atomic E-state index is 0.140. The summed E-state index contributed by atoms with van der Waals surface area (Å²) in [6.45, 7) is 4.12. The molecule has 0 aromatic heterocycles. The fourth-order valence-corrected chi connectivity index (χ4v) is 4.17. The Balaban J connectivity index is 1.81. The Labute approximate surface area is 179 Å². The fraction of sp³-hybridized carbons (Fsp3) is 0.136. The number of rotatable bonds is 6. The van der Waals surface area contributed by atoms with Crippen LogP contribution in [-0.2, 0) is 10.0 Å². The quantitative estimate of drug-likeness (QED) is 0.488. The average Bonchev–Trinajstić information content (AvgIpc) is 2.68. The molecule has 0 bridgehead atoms. The maximum absolute atomic E-state index is 12.7. The highest BCUT2D eigenvalue weighted by Crippen LogP contribution is 2.25. The van der Waals surface area contributed by atoms with Crippen molar-refractivity contribution in [2.75, 3.05) is 10.0 Å². The van der Waals surface area contributed by atoms with Crippen molar-refractivity contribution in [3.05, 3.63) is 88.4 Å². The van der Waals surface area contributed by atoms with E-state index in [1.807, 2.05) is 24.3 Å². The van der Waals surface area contributed by atoms with Gasteiger partial charge in [-0.1, -0.05) is 54.0 Å². The first kappa shape index (κ1) is 21.1. The number of nitrogens with one attached hydrogen (secondary N) is 2. The molecule has 1 amide bonds. The van der Waals surface area contributed by atoms with Crippen LogP contribution in [-0.4, -0.2) is 14.3 Å². The summed E-state index contributed by atoms with van der Waals surface area (Å²) in [6.07, 6.45) is 0. The molecule has 2 N–H and O–H groups in total. The van der Waals surface area contributed by atoms with Crippen molar-refractivity contribution >= 4 is 43.2 Å². The summed E-state index contributed by atoms with van der Waals surface area (Å²) < 4.78 is 28.5. The highest BCUT2D eigenvalue weighted by atomic mass is 79.9. The van der Waals surface area contributed by atoms with E-state index in [-0.39, 0.29) is 16.7 Å². The summed E-state index contributed by atoms with van der Waals surface area (Å²) in [5, 5.41) is 2.91. The summed E-state index contributed by atoms with van der Waals surface area (Å²) in [5.74, 6) is -0.0432. The summed E-state index contributed by atoms with van der Waals surface area (Å²) in [6, 6.07) is 20.4. The van der Waals surface area contributed by atoms with Crippen molar-refractivity contribution in [2.45, 2.75) is 24.7 Å². The van der Waals surface area contributed by atoms with Crippen LogP contribution in [0.2, 0.25) is 0 Å². The van der Waals surface area contributed by atoms with Crippen LogP contribution in [0, 0.1) is 0 Å². The molecule has 0 heterocycles. The maximum Gasteiger partial charge on any atom is 0.261 e. The third kappa shape index (κ3) is 5.25. The van der Waals surface area contributed by atoms with Crippen molar-refractivity contribution < 1.29 is 13.2 Å². The molecule has 0 aliphatic carbocycles. The summed E-state index contributed by atoms with van der Waals surface area (Å²) in [5.41, 5.74) is 2.46. The van der Waals surface area contributed by atoms with Gasteiger partial charge in [-0.3, -0.25) is 9.52 Å². The second-order valence-corrected chi connectivity index (χ2v) is 9.43. The molecule has 0 saturated carbocycles. The van der Waals surface area contributed by atoms with Crippen LogP contribution in [0.3, 0.4) is 0 Å². The molecule has 0 atom stereocenters. The molecule has 5 nitrogen and oxygen atoms in total. The van der Waals surface area contributed by atoms with Crippen LogP contribution in [0.4, 0.5) is 11.4 Å². The molecule has 0 aliphatic heterocycles. The van der Waals surface area contributed by atoms with Crippen molar-refractivity contribution in [1.29, 1.82) is 0 Å². The normalized spacial score (nSPS) is 11.3. The number of carbonyl (C=O) groups is 1. The number of halogens is 1. The second-order valence-electron chi connectivity index (χ2n) is 6.84. The minimum atomic E-state index is -3.75.